The fraction of sp³-hybridized carbons (Fsp3) is 0.417. The summed E-state index contributed by atoms with van der Waals surface area (Å²) in [4.78, 5) is 11.1. The third kappa shape index (κ3) is 5.62. The summed E-state index contributed by atoms with van der Waals surface area (Å²) >= 11 is 0. The number of halogens is 2. The van der Waals surface area contributed by atoms with E-state index >= 15 is 0 Å². The number of carbonyl (C=O) groups is 1. The van der Waals surface area contributed by atoms with E-state index in [9.17, 15) is 18.7 Å². The van der Waals surface area contributed by atoms with Crippen LogP contribution < -0.4 is 15.4 Å². The molecule has 3 N–H and O–H groups in total. The SMILES string of the molecule is CNCC(=O)NCC(O)COc1ccc(F)c(F)c1. The van der Waals surface area contributed by atoms with E-state index in [1.807, 2.05) is 0 Å². The van der Waals surface area contributed by atoms with Gasteiger partial charge in [0.1, 0.15) is 18.5 Å². The van der Waals surface area contributed by atoms with Crippen LogP contribution in [0, 0.1) is 11.6 Å². The third-order valence-corrected chi connectivity index (χ3v) is 2.21. The number of aliphatic hydroxyl groups is 1. The van der Waals surface area contributed by atoms with Crippen LogP contribution >= 0.6 is 0 Å². The topological polar surface area (TPSA) is 70.6 Å². The van der Waals surface area contributed by atoms with Crippen molar-refractivity contribution in [2.45, 2.75) is 6.10 Å². The number of nitrogens with one attached hydrogen (secondary N) is 2. The first kappa shape index (κ1) is 15.3. The molecule has 106 valence electrons. The molecule has 0 heterocycles. The minimum Gasteiger partial charge on any atom is -0.491 e. The van der Waals surface area contributed by atoms with Crippen molar-refractivity contribution in [3.63, 3.8) is 0 Å². The van der Waals surface area contributed by atoms with Crippen molar-refractivity contribution in [1.82, 2.24) is 10.6 Å². The lowest BCUT2D eigenvalue weighted by Crippen LogP contribution is -2.39. The Morgan fingerprint density at radius 3 is 2.79 bits per heavy atom. The molecule has 0 aliphatic heterocycles. The quantitative estimate of drug-likeness (QED) is 0.656. The van der Waals surface area contributed by atoms with E-state index in [-0.39, 0.29) is 31.4 Å². The molecule has 0 aliphatic carbocycles. The third-order valence-electron chi connectivity index (χ3n) is 2.21. The van der Waals surface area contributed by atoms with Gasteiger partial charge in [-0.3, -0.25) is 4.79 Å². The summed E-state index contributed by atoms with van der Waals surface area (Å²) in [6.45, 7) is 0.0336. The van der Waals surface area contributed by atoms with Crippen LogP contribution in [0.4, 0.5) is 8.78 Å². The van der Waals surface area contributed by atoms with Crippen LogP contribution in [-0.4, -0.2) is 43.9 Å². The van der Waals surface area contributed by atoms with Gasteiger partial charge in [0.15, 0.2) is 11.6 Å². The Kier molecular flexibility index (Phi) is 6.17. The van der Waals surface area contributed by atoms with Crippen LogP contribution in [0.5, 0.6) is 5.75 Å². The molecular formula is C12H16F2N2O3. The largest absolute Gasteiger partial charge is 0.491 e. The van der Waals surface area contributed by atoms with E-state index in [0.29, 0.717) is 0 Å². The maximum absolute atomic E-state index is 12.9. The minimum atomic E-state index is -1.02. The van der Waals surface area contributed by atoms with Crippen molar-refractivity contribution < 1.29 is 23.4 Å². The van der Waals surface area contributed by atoms with E-state index < -0.39 is 17.7 Å². The molecule has 19 heavy (non-hydrogen) atoms. The fourth-order valence-electron chi connectivity index (χ4n) is 1.27. The van der Waals surface area contributed by atoms with Crippen LogP contribution in [0.2, 0.25) is 0 Å². The molecule has 1 aromatic rings. The van der Waals surface area contributed by atoms with Crippen LogP contribution in [0.25, 0.3) is 0 Å². The highest BCUT2D eigenvalue weighted by molar-refractivity contribution is 5.77. The van der Waals surface area contributed by atoms with Crippen molar-refractivity contribution in [3.05, 3.63) is 29.8 Å². The van der Waals surface area contributed by atoms with Gasteiger partial charge in [-0.05, 0) is 19.2 Å². The van der Waals surface area contributed by atoms with E-state index in [0.717, 1.165) is 12.1 Å². The van der Waals surface area contributed by atoms with Gasteiger partial charge in [-0.25, -0.2) is 8.78 Å². The molecular weight excluding hydrogens is 258 g/mol. The van der Waals surface area contributed by atoms with Crippen molar-refractivity contribution >= 4 is 5.91 Å². The molecule has 1 rings (SSSR count). The number of benzene rings is 1. The Labute approximate surface area is 109 Å². The molecule has 7 heteroatoms. The molecule has 0 fully saturated rings. The number of ether oxygens (including phenoxy) is 1. The van der Waals surface area contributed by atoms with E-state index in [1.54, 1.807) is 7.05 Å². The molecule has 0 bridgehead atoms. The molecule has 1 unspecified atom stereocenters. The van der Waals surface area contributed by atoms with Gasteiger partial charge in [-0.15, -0.1) is 0 Å². The predicted molar refractivity (Wildman–Crippen MR) is 64.8 cm³/mol. The van der Waals surface area contributed by atoms with Crippen molar-refractivity contribution in [3.8, 4) is 5.75 Å². The van der Waals surface area contributed by atoms with Gasteiger partial charge in [0.05, 0.1) is 6.54 Å². The summed E-state index contributed by atoms with van der Waals surface area (Å²) in [7, 11) is 1.63. The van der Waals surface area contributed by atoms with Gasteiger partial charge in [0, 0.05) is 12.6 Å². The lowest BCUT2D eigenvalue weighted by Gasteiger charge is -2.13. The molecule has 5 nitrogen and oxygen atoms in total. The Bertz CT molecular complexity index is 429. The highest BCUT2D eigenvalue weighted by Crippen LogP contribution is 2.15. The zero-order valence-corrected chi connectivity index (χ0v) is 10.5. The van der Waals surface area contributed by atoms with Gasteiger partial charge < -0.3 is 20.5 Å². The van der Waals surface area contributed by atoms with Crippen LogP contribution in [0.1, 0.15) is 0 Å². The monoisotopic (exact) mass is 274 g/mol. The molecule has 0 saturated carbocycles. The maximum Gasteiger partial charge on any atom is 0.234 e. The summed E-state index contributed by atoms with van der Waals surface area (Å²) < 4.78 is 30.6. The number of likely N-dealkylation sites (N-methyl/N-ethyl adjacent to an activating group) is 1. The average molecular weight is 274 g/mol. The van der Waals surface area contributed by atoms with Crippen LogP contribution in [0.15, 0.2) is 18.2 Å². The lowest BCUT2D eigenvalue weighted by atomic mass is 10.3. The number of amides is 1. The molecule has 0 aliphatic rings. The highest BCUT2D eigenvalue weighted by Gasteiger charge is 2.09. The van der Waals surface area contributed by atoms with Crippen molar-refractivity contribution in [1.29, 1.82) is 0 Å². The minimum absolute atomic E-state index is 0.0180. The van der Waals surface area contributed by atoms with Gasteiger partial charge in [-0.2, -0.15) is 0 Å². The Hall–Kier alpha value is -1.73. The van der Waals surface area contributed by atoms with E-state index in [1.165, 1.54) is 6.07 Å². The number of carbonyl (C=O) groups excluding carboxylic acids is 1. The summed E-state index contributed by atoms with van der Waals surface area (Å²) in [6, 6.07) is 3.08. The predicted octanol–water partition coefficient (Wildman–Crippen LogP) is 0.0401. The number of hydrogen-bond acceptors (Lipinski definition) is 4. The highest BCUT2D eigenvalue weighted by atomic mass is 19.2. The zero-order chi connectivity index (χ0) is 14.3. The van der Waals surface area contributed by atoms with Crippen LogP contribution in [-0.2, 0) is 4.79 Å². The lowest BCUT2D eigenvalue weighted by molar-refractivity contribution is -0.120. The van der Waals surface area contributed by atoms with Crippen molar-refractivity contribution in [2.75, 3.05) is 26.7 Å². The standard InChI is InChI=1S/C12H16F2N2O3/c1-15-6-12(18)16-5-8(17)7-19-9-2-3-10(13)11(14)4-9/h2-4,8,15,17H,5-7H2,1H3,(H,16,18). The second-order valence-corrected chi connectivity index (χ2v) is 3.88. The molecule has 0 saturated heterocycles. The van der Waals surface area contributed by atoms with Crippen molar-refractivity contribution in [2.24, 2.45) is 0 Å². The summed E-state index contributed by atoms with van der Waals surface area (Å²) in [5, 5.41) is 14.7. The molecule has 0 aromatic heterocycles. The average Bonchev–Trinajstić information content (AvgIpc) is 2.38. The second-order valence-electron chi connectivity index (χ2n) is 3.88. The first-order chi connectivity index (χ1) is 9.02. The second kappa shape index (κ2) is 7.65. The molecule has 1 amide bonds. The summed E-state index contributed by atoms with van der Waals surface area (Å²) in [5.41, 5.74) is 0. The number of hydrogen-bond donors (Lipinski definition) is 3. The van der Waals surface area contributed by atoms with E-state index in [2.05, 4.69) is 10.6 Å². The smallest absolute Gasteiger partial charge is 0.234 e. The van der Waals surface area contributed by atoms with Gasteiger partial charge in [0.2, 0.25) is 5.91 Å². The first-order valence-electron chi connectivity index (χ1n) is 5.70. The Morgan fingerprint density at radius 2 is 2.16 bits per heavy atom. The molecule has 0 spiro atoms. The first-order valence-corrected chi connectivity index (χ1v) is 5.70. The number of rotatable bonds is 7. The zero-order valence-electron chi connectivity index (χ0n) is 10.5. The van der Waals surface area contributed by atoms with Gasteiger partial charge in [0.25, 0.3) is 0 Å². The Morgan fingerprint density at radius 1 is 1.42 bits per heavy atom. The maximum atomic E-state index is 12.9. The normalized spacial score (nSPS) is 12.0. The number of aliphatic hydroxyl groups excluding tert-OH is 1. The molecule has 1 atom stereocenters. The summed E-state index contributed by atoms with van der Waals surface area (Å²) in [5.74, 6) is -2.13. The van der Waals surface area contributed by atoms with E-state index in [4.69, 9.17) is 4.74 Å². The Balaban J connectivity index is 2.31. The molecule has 0 radical (unpaired) electrons. The van der Waals surface area contributed by atoms with Gasteiger partial charge >= 0.3 is 0 Å². The fourth-order valence-corrected chi connectivity index (χ4v) is 1.27. The summed E-state index contributed by atoms with van der Waals surface area (Å²) in [6.07, 6.45) is -0.936. The molecule has 1 aromatic carbocycles. The van der Waals surface area contributed by atoms with Crippen LogP contribution in [0.3, 0.4) is 0 Å². The van der Waals surface area contributed by atoms with Gasteiger partial charge in [-0.1, -0.05) is 0 Å².